The predicted molar refractivity (Wildman–Crippen MR) is 118 cm³/mol. The van der Waals surface area contributed by atoms with Gasteiger partial charge in [-0.05, 0) is 24.3 Å². The van der Waals surface area contributed by atoms with E-state index in [0.29, 0.717) is 28.7 Å². The highest BCUT2D eigenvalue weighted by Gasteiger charge is 2.32. The third-order valence-corrected chi connectivity index (χ3v) is 5.85. The van der Waals surface area contributed by atoms with Gasteiger partial charge >= 0.3 is 0 Å². The van der Waals surface area contributed by atoms with Crippen molar-refractivity contribution >= 4 is 40.7 Å². The van der Waals surface area contributed by atoms with Gasteiger partial charge in [-0.25, -0.2) is 0 Å². The number of nitrogens with one attached hydrogen (secondary N) is 2. The van der Waals surface area contributed by atoms with Gasteiger partial charge in [0, 0.05) is 54.6 Å². The van der Waals surface area contributed by atoms with Gasteiger partial charge in [-0.1, -0.05) is 17.7 Å². The zero-order chi connectivity index (χ0) is 21.4. The Kier molecular flexibility index (Phi) is 5.09. The summed E-state index contributed by atoms with van der Waals surface area (Å²) in [6.07, 6.45) is 3.33. The minimum Gasteiger partial charge on any atom is -0.435 e. The number of piperazine rings is 1. The summed E-state index contributed by atoms with van der Waals surface area (Å²) in [7, 11) is 0. The first-order valence-electron chi connectivity index (χ1n) is 10.0. The molecule has 9 heteroatoms. The number of aromatic nitrogens is 1. The Morgan fingerprint density at radius 3 is 2.81 bits per heavy atom. The fraction of sp³-hybridized carbons (Fsp3) is 0.227. The van der Waals surface area contributed by atoms with Crippen molar-refractivity contribution < 1.29 is 14.0 Å². The van der Waals surface area contributed by atoms with Gasteiger partial charge < -0.3 is 20.0 Å². The van der Waals surface area contributed by atoms with Gasteiger partial charge in [0.2, 0.25) is 5.88 Å². The number of rotatable bonds is 4. The lowest BCUT2D eigenvalue weighted by atomic mass is 10.1. The minimum atomic E-state index is -0.405. The van der Waals surface area contributed by atoms with E-state index in [1.54, 1.807) is 42.7 Å². The zero-order valence-electron chi connectivity index (χ0n) is 16.6. The van der Waals surface area contributed by atoms with Gasteiger partial charge in [-0.15, -0.1) is 0 Å². The maximum absolute atomic E-state index is 12.8. The van der Waals surface area contributed by atoms with Crippen LogP contribution in [-0.4, -0.2) is 43.0 Å². The summed E-state index contributed by atoms with van der Waals surface area (Å²) in [6.45, 7) is 3.76. The summed E-state index contributed by atoms with van der Waals surface area (Å²) in [5.74, 6) is -0.194. The molecule has 31 heavy (non-hydrogen) atoms. The molecule has 2 N–H and O–H groups in total. The van der Waals surface area contributed by atoms with Crippen LogP contribution in [0.4, 0.5) is 17.3 Å². The summed E-state index contributed by atoms with van der Waals surface area (Å²) in [5.41, 5.74) is 2.83. The lowest BCUT2D eigenvalue weighted by Gasteiger charge is -2.30. The van der Waals surface area contributed by atoms with Gasteiger partial charge in [-0.3, -0.25) is 19.5 Å². The van der Waals surface area contributed by atoms with Crippen LogP contribution in [0.15, 0.2) is 53.2 Å². The minimum absolute atomic E-state index is 0.111. The molecule has 1 saturated heterocycles. The highest BCUT2D eigenvalue weighted by molar-refractivity contribution is 6.32. The topological polar surface area (TPSA) is 90.7 Å². The molecule has 5 rings (SSSR count). The lowest BCUT2D eigenvalue weighted by molar-refractivity contribution is 0.0975. The molecule has 1 aromatic carbocycles. The van der Waals surface area contributed by atoms with Crippen molar-refractivity contribution in [2.45, 2.75) is 6.54 Å². The number of nitrogens with zero attached hydrogens (tertiary/aromatic N) is 3. The molecule has 0 unspecified atom stereocenters. The molecule has 2 aliphatic rings. The Hall–Kier alpha value is -3.36. The van der Waals surface area contributed by atoms with E-state index in [2.05, 4.69) is 20.5 Å². The van der Waals surface area contributed by atoms with Gasteiger partial charge in [0.05, 0.1) is 24.1 Å². The monoisotopic (exact) mass is 437 g/mol. The highest BCUT2D eigenvalue weighted by Crippen LogP contribution is 2.33. The molecule has 1 fully saturated rings. The van der Waals surface area contributed by atoms with E-state index in [1.165, 1.54) is 4.90 Å². The normalized spacial score (nSPS) is 15.8. The molecule has 2 amide bonds. The second kappa shape index (κ2) is 8.05. The van der Waals surface area contributed by atoms with E-state index >= 15 is 0 Å². The molecular formula is C22H20ClN5O3. The summed E-state index contributed by atoms with van der Waals surface area (Å²) in [5, 5.41) is 6.73. The number of carbonyl (C=O) groups is 2. The number of hydrogen-bond acceptors (Lipinski definition) is 6. The predicted octanol–water partition coefficient (Wildman–Crippen LogP) is 3.15. The van der Waals surface area contributed by atoms with Gasteiger partial charge in [0.1, 0.15) is 0 Å². The van der Waals surface area contributed by atoms with Crippen LogP contribution in [0.2, 0.25) is 5.02 Å². The second-order valence-corrected chi connectivity index (χ2v) is 7.79. The smallest absolute Gasteiger partial charge is 0.291 e. The van der Waals surface area contributed by atoms with Crippen LogP contribution in [0.25, 0.3) is 0 Å². The molecule has 2 aromatic heterocycles. The van der Waals surface area contributed by atoms with E-state index in [0.717, 1.165) is 37.4 Å². The first kappa shape index (κ1) is 19.6. The molecule has 8 nitrogen and oxygen atoms in total. The molecule has 3 aromatic rings. The molecule has 0 radical (unpaired) electrons. The molecule has 0 atom stereocenters. The maximum atomic E-state index is 12.8. The van der Waals surface area contributed by atoms with Crippen LogP contribution in [-0.2, 0) is 6.54 Å². The first-order chi connectivity index (χ1) is 15.1. The van der Waals surface area contributed by atoms with Gasteiger partial charge in [0.15, 0.2) is 5.76 Å². The Labute approximate surface area is 183 Å². The molecule has 0 bridgehead atoms. The van der Waals surface area contributed by atoms with Crippen molar-refractivity contribution in [1.82, 2.24) is 10.3 Å². The third kappa shape index (κ3) is 3.64. The largest absolute Gasteiger partial charge is 0.435 e. The number of hydrogen-bond donors (Lipinski definition) is 2. The molecule has 0 spiro atoms. The number of amides is 2. The van der Waals surface area contributed by atoms with E-state index < -0.39 is 5.91 Å². The Balaban J connectivity index is 1.34. The van der Waals surface area contributed by atoms with Crippen LogP contribution in [0, 0.1) is 0 Å². The van der Waals surface area contributed by atoms with Crippen molar-refractivity contribution in [3.05, 3.63) is 70.7 Å². The number of anilines is 3. The fourth-order valence-electron chi connectivity index (χ4n) is 3.92. The van der Waals surface area contributed by atoms with Gasteiger partial charge in [-0.2, -0.15) is 0 Å². The van der Waals surface area contributed by atoms with Crippen molar-refractivity contribution in [2.75, 3.05) is 41.3 Å². The van der Waals surface area contributed by atoms with E-state index in [-0.39, 0.29) is 11.7 Å². The van der Waals surface area contributed by atoms with Crippen molar-refractivity contribution in [3.8, 4) is 0 Å². The SMILES string of the molecule is O=C(Nc1cnccc1N1CCNCC1)c1ccc(N2Cc3c(Cl)cccc3C2=O)o1. The lowest BCUT2D eigenvalue weighted by Crippen LogP contribution is -2.43. The number of fused-ring (bicyclic) bond motifs is 1. The number of benzene rings is 1. The number of pyridine rings is 1. The molecule has 158 valence electrons. The quantitative estimate of drug-likeness (QED) is 0.651. The Morgan fingerprint density at radius 2 is 2.00 bits per heavy atom. The zero-order valence-corrected chi connectivity index (χ0v) is 17.4. The van der Waals surface area contributed by atoms with Crippen LogP contribution in [0.1, 0.15) is 26.5 Å². The van der Waals surface area contributed by atoms with Crippen LogP contribution in [0.3, 0.4) is 0 Å². The first-order valence-corrected chi connectivity index (χ1v) is 10.4. The number of halogens is 1. The molecule has 0 saturated carbocycles. The summed E-state index contributed by atoms with van der Waals surface area (Å²) < 4.78 is 5.73. The highest BCUT2D eigenvalue weighted by atomic mass is 35.5. The third-order valence-electron chi connectivity index (χ3n) is 5.50. The standard InChI is InChI=1S/C22H20ClN5O3/c23-16-3-1-2-14-15(16)13-28(22(14)30)20-5-4-19(31-20)21(29)26-17-12-25-7-6-18(17)27-10-8-24-9-11-27/h1-7,12,24H,8-11,13H2,(H,26,29). The van der Waals surface area contributed by atoms with Gasteiger partial charge in [0.25, 0.3) is 11.8 Å². The summed E-state index contributed by atoms with van der Waals surface area (Å²) in [6, 6.07) is 10.3. The average molecular weight is 438 g/mol. The Morgan fingerprint density at radius 1 is 1.16 bits per heavy atom. The molecule has 0 aliphatic carbocycles. The van der Waals surface area contributed by atoms with Crippen LogP contribution in [0.5, 0.6) is 0 Å². The van der Waals surface area contributed by atoms with E-state index in [1.807, 2.05) is 6.07 Å². The van der Waals surface area contributed by atoms with Crippen molar-refractivity contribution in [1.29, 1.82) is 0 Å². The summed E-state index contributed by atoms with van der Waals surface area (Å²) in [4.78, 5) is 33.4. The van der Waals surface area contributed by atoms with Crippen LogP contribution < -0.4 is 20.4 Å². The van der Waals surface area contributed by atoms with Crippen molar-refractivity contribution in [3.63, 3.8) is 0 Å². The molecule has 4 heterocycles. The molecule has 2 aliphatic heterocycles. The number of furan rings is 1. The maximum Gasteiger partial charge on any atom is 0.291 e. The number of carbonyl (C=O) groups excluding carboxylic acids is 2. The van der Waals surface area contributed by atoms with E-state index in [9.17, 15) is 9.59 Å². The van der Waals surface area contributed by atoms with E-state index in [4.69, 9.17) is 16.0 Å². The van der Waals surface area contributed by atoms with Crippen molar-refractivity contribution in [2.24, 2.45) is 0 Å². The Bertz CT molecular complexity index is 1160. The molecular weight excluding hydrogens is 418 g/mol. The van der Waals surface area contributed by atoms with Crippen LogP contribution >= 0.6 is 11.6 Å². The second-order valence-electron chi connectivity index (χ2n) is 7.38. The summed E-state index contributed by atoms with van der Waals surface area (Å²) >= 11 is 6.23. The fourth-order valence-corrected chi connectivity index (χ4v) is 4.15. The average Bonchev–Trinajstić information content (AvgIpc) is 3.41.